The zero-order chi connectivity index (χ0) is 13.1. The Morgan fingerprint density at radius 1 is 1.28 bits per heavy atom. The number of hydrogen-bond acceptors (Lipinski definition) is 2. The molecule has 0 saturated carbocycles. The smallest absolute Gasteiger partial charge is 0.0701 e. The minimum absolute atomic E-state index is 0.891. The molecule has 4 heteroatoms. The number of benzene rings is 1. The molecular weight excluding hydrogens is 374 g/mol. The molecule has 0 amide bonds. The van der Waals surface area contributed by atoms with E-state index in [9.17, 15) is 0 Å². The van der Waals surface area contributed by atoms with Crippen molar-refractivity contribution >= 4 is 48.9 Å². The van der Waals surface area contributed by atoms with Crippen LogP contribution in [-0.4, -0.2) is 7.05 Å². The molecule has 1 nitrogen and oxygen atoms in total. The van der Waals surface area contributed by atoms with E-state index >= 15 is 0 Å². The van der Waals surface area contributed by atoms with E-state index in [1.807, 2.05) is 0 Å². The standard InChI is InChI=1S/C14H15Br2NS/c1-10-3-4-13(12(5-10)7-15)17(2)8-11-6-14(16)18-9-11/h3-6,9H,7-8H2,1-2H3. The largest absolute Gasteiger partial charge is 0.370 e. The van der Waals surface area contributed by atoms with Crippen molar-refractivity contribution in [1.82, 2.24) is 0 Å². The van der Waals surface area contributed by atoms with Gasteiger partial charge in [-0.25, -0.2) is 0 Å². The molecule has 1 heterocycles. The van der Waals surface area contributed by atoms with Gasteiger partial charge in [0.15, 0.2) is 0 Å². The van der Waals surface area contributed by atoms with Crippen molar-refractivity contribution in [2.45, 2.75) is 18.8 Å². The number of anilines is 1. The molecule has 2 aromatic rings. The quantitative estimate of drug-likeness (QED) is 0.638. The van der Waals surface area contributed by atoms with E-state index in [0.29, 0.717) is 0 Å². The molecule has 0 saturated heterocycles. The Morgan fingerprint density at radius 3 is 2.67 bits per heavy atom. The predicted octanol–water partition coefficient (Wildman–Crippen LogP) is 5.35. The highest BCUT2D eigenvalue weighted by atomic mass is 79.9. The zero-order valence-corrected chi connectivity index (χ0v) is 14.4. The number of nitrogens with zero attached hydrogens (tertiary/aromatic N) is 1. The minimum atomic E-state index is 0.891. The van der Waals surface area contributed by atoms with Crippen LogP contribution in [0.5, 0.6) is 0 Å². The second kappa shape index (κ2) is 6.22. The Kier molecular flexibility index (Phi) is 4.87. The number of aryl methyl sites for hydroxylation is 1. The highest BCUT2D eigenvalue weighted by molar-refractivity contribution is 9.11. The monoisotopic (exact) mass is 387 g/mol. The summed E-state index contributed by atoms with van der Waals surface area (Å²) in [4.78, 5) is 2.30. The average Bonchev–Trinajstić information content (AvgIpc) is 2.74. The van der Waals surface area contributed by atoms with Crippen LogP contribution >= 0.6 is 43.2 Å². The molecule has 0 fully saturated rings. The maximum atomic E-state index is 3.57. The van der Waals surface area contributed by atoms with E-state index < -0.39 is 0 Å². The van der Waals surface area contributed by atoms with Crippen molar-refractivity contribution in [2.75, 3.05) is 11.9 Å². The summed E-state index contributed by atoms with van der Waals surface area (Å²) in [6.45, 7) is 3.07. The lowest BCUT2D eigenvalue weighted by Gasteiger charge is -2.22. The summed E-state index contributed by atoms with van der Waals surface area (Å²) in [6.07, 6.45) is 0. The molecule has 18 heavy (non-hydrogen) atoms. The van der Waals surface area contributed by atoms with E-state index in [1.165, 1.54) is 26.2 Å². The fraction of sp³-hybridized carbons (Fsp3) is 0.286. The summed E-state index contributed by atoms with van der Waals surface area (Å²) in [5, 5.41) is 3.09. The fourth-order valence-electron chi connectivity index (χ4n) is 1.98. The Hall–Kier alpha value is -0.320. The third-order valence-electron chi connectivity index (χ3n) is 2.83. The van der Waals surface area contributed by atoms with Crippen molar-refractivity contribution < 1.29 is 0 Å². The molecule has 0 aliphatic carbocycles. The van der Waals surface area contributed by atoms with Gasteiger partial charge in [0.25, 0.3) is 0 Å². The zero-order valence-electron chi connectivity index (χ0n) is 10.4. The van der Waals surface area contributed by atoms with E-state index in [0.717, 1.165) is 11.9 Å². The Balaban J connectivity index is 2.20. The summed E-state index contributed by atoms with van der Waals surface area (Å²) >= 11 is 8.81. The minimum Gasteiger partial charge on any atom is -0.370 e. The number of rotatable bonds is 4. The Labute approximate surface area is 129 Å². The van der Waals surface area contributed by atoms with Crippen LogP contribution in [0.25, 0.3) is 0 Å². The van der Waals surface area contributed by atoms with Gasteiger partial charge in [-0.1, -0.05) is 33.6 Å². The summed E-state index contributed by atoms with van der Waals surface area (Å²) in [7, 11) is 2.14. The third-order valence-corrected chi connectivity index (χ3v) is 4.99. The van der Waals surface area contributed by atoms with E-state index in [-0.39, 0.29) is 0 Å². The van der Waals surface area contributed by atoms with Crippen LogP contribution in [0.4, 0.5) is 5.69 Å². The molecule has 1 aromatic heterocycles. The average molecular weight is 389 g/mol. The van der Waals surface area contributed by atoms with Crippen LogP contribution in [0.2, 0.25) is 0 Å². The van der Waals surface area contributed by atoms with Crippen LogP contribution in [-0.2, 0) is 11.9 Å². The number of hydrogen-bond donors (Lipinski definition) is 0. The van der Waals surface area contributed by atoms with Gasteiger partial charge in [0.05, 0.1) is 3.79 Å². The molecule has 0 N–H and O–H groups in total. The summed E-state index contributed by atoms with van der Waals surface area (Å²) < 4.78 is 1.19. The second-order valence-electron chi connectivity index (χ2n) is 4.38. The van der Waals surface area contributed by atoms with Crippen LogP contribution in [0.3, 0.4) is 0 Å². The Bertz CT molecular complexity index is 536. The van der Waals surface area contributed by atoms with Gasteiger partial charge in [-0.3, -0.25) is 0 Å². The van der Waals surface area contributed by atoms with Gasteiger partial charge in [-0.05, 0) is 51.5 Å². The molecule has 0 aliphatic rings. The van der Waals surface area contributed by atoms with Gasteiger partial charge >= 0.3 is 0 Å². The van der Waals surface area contributed by atoms with Crippen molar-refractivity contribution in [3.8, 4) is 0 Å². The van der Waals surface area contributed by atoms with Crippen molar-refractivity contribution in [3.63, 3.8) is 0 Å². The first kappa shape index (κ1) is 14.1. The molecule has 0 radical (unpaired) electrons. The SMILES string of the molecule is Cc1ccc(N(C)Cc2csc(Br)c2)c(CBr)c1. The molecule has 0 aliphatic heterocycles. The van der Waals surface area contributed by atoms with Gasteiger partial charge in [-0.15, -0.1) is 11.3 Å². The topological polar surface area (TPSA) is 3.24 Å². The van der Waals surface area contributed by atoms with Crippen LogP contribution in [0.15, 0.2) is 33.4 Å². The molecular formula is C14H15Br2NS. The second-order valence-corrected chi connectivity index (χ2v) is 7.23. The molecule has 0 unspecified atom stereocenters. The van der Waals surface area contributed by atoms with Crippen molar-refractivity contribution in [3.05, 3.63) is 50.1 Å². The number of halogens is 2. The maximum absolute atomic E-state index is 3.57. The first-order chi connectivity index (χ1) is 8.60. The number of thiophene rings is 1. The highest BCUT2D eigenvalue weighted by Gasteiger charge is 2.08. The van der Waals surface area contributed by atoms with Gasteiger partial charge < -0.3 is 4.90 Å². The molecule has 0 spiro atoms. The lowest BCUT2D eigenvalue weighted by molar-refractivity contribution is 0.920. The Morgan fingerprint density at radius 2 is 2.06 bits per heavy atom. The van der Waals surface area contributed by atoms with Gasteiger partial charge in [0.2, 0.25) is 0 Å². The van der Waals surface area contributed by atoms with Gasteiger partial charge in [0, 0.05) is 24.6 Å². The predicted molar refractivity (Wildman–Crippen MR) is 87.9 cm³/mol. The van der Waals surface area contributed by atoms with E-state index in [1.54, 1.807) is 11.3 Å². The summed E-state index contributed by atoms with van der Waals surface area (Å²) in [5.41, 5.74) is 5.28. The fourth-order valence-corrected chi connectivity index (χ4v) is 3.63. The number of alkyl halides is 1. The van der Waals surface area contributed by atoms with Gasteiger partial charge in [0.1, 0.15) is 0 Å². The third kappa shape index (κ3) is 3.37. The highest BCUT2D eigenvalue weighted by Crippen LogP contribution is 2.27. The lowest BCUT2D eigenvalue weighted by atomic mass is 10.1. The maximum Gasteiger partial charge on any atom is 0.0701 e. The molecule has 1 aromatic carbocycles. The lowest BCUT2D eigenvalue weighted by Crippen LogP contribution is -2.17. The van der Waals surface area contributed by atoms with E-state index in [4.69, 9.17) is 0 Å². The van der Waals surface area contributed by atoms with Crippen molar-refractivity contribution in [2.24, 2.45) is 0 Å². The molecule has 0 bridgehead atoms. The van der Waals surface area contributed by atoms with E-state index in [2.05, 4.69) is 80.4 Å². The first-order valence-electron chi connectivity index (χ1n) is 5.69. The molecule has 96 valence electrons. The summed E-state index contributed by atoms with van der Waals surface area (Å²) in [6, 6.07) is 8.79. The van der Waals surface area contributed by atoms with Crippen LogP contribution in [0.1, 0.15) is 16.7 Å². The van der Waals surface area contributed by atoms with Crippen molar-refractivity contribution in [1.29, 1.82) is 0 Å². The van der Waals surface area contributed by atoms with Gasteiger partial charge in [-0.2, -0.15) is 0 Å². The van der Waals surface area contributed by atoms with Crippen LogP contribution < -0.4 is 4.90 Å². The van der Waals surface area contributed by atoms with Crippen LogP contribution in [0, 0.1) is 6.92 Å². The molecule has 2 rings (SSSR count). The summed E-state index contributed by atoms with van der Waals surface area (Å²) in [5.74, 6) is 0. The first-order valence-corrected chi connectivity index (χ1v) is 8.49. The normalized spacial score (nSPS) is 10.7. The molecule has 0 atom stereocenters.